The molecule has 0 atom stereocenters. The molecule has 0 spiro atoms. The third kappa shape index (κ3) is 7.57. The third-order valence-electron chi connectivity index (χ3n) is 5.42. The molecule has 2 aromatic carbocycles. The number of fused-ring (bicyclic) bond motifs is 1. The molecule has 0 unspecified atom stereocenters. The van der Waals surface area contributed by atoms with Crippen LogP contribution in [-0.2, 0) is 9.53 Å². The molecular weight excluding hydrogens is 497 g/mol. The van der Waals surface area contributed by atoms with Gasteiger partial charge in [0.1, 0.15) is 0 Å². The number of aryl methyl sites for hydroxylation is 1. The highest BCUT2D eigenvalue weighted by atomic mass is 35.5. The van der Waals surface area contributed by atoms with Crippen molar-refractivity contribution in [2.45, 2.75) is 24.7 Å². The number of halogens is 2. The summed E-state index contributed by atoms with van der Waals surface area (Å²) in [7, 11) is 0. The number of hydrogen-bond acceptors (Lipinski definition) is 6. The largest absolute Gasteiger partial charge is 0.379 e. The number of aromatic nitrogens is 1. The van der Waals surface area contributed by atoms with E-state index in [0.717, 1.165) is 70.3 Å². The maximum Gasteiger partial charge on any atom is 0.229 e. The van der Waals surface area contributed by atoms with Crippen LogP contribution in [0.25, 0.3) is 10.2 Å². The highest BCUT2D eigenvalue weighted by Crippen LogP contribution is 2.30. The Morgan fingerprint density at radius 3 is 2.73 bits per heavy atom. The summed E-state index contributed by atoms with van der Waals surface area (Å²) in [5.74, 6) is 0.856. The van der Waals surface area contributed by atoms with Crippen LogP contribution in [0.2, 0.25) is 5.02 Å². The second-order valence-corrected chi connectivity index (χ2v) is 10.5. The summed E-state index contributed by atoms with van der Waals surface area (Å²) < 4.78 is 6.57. The Bertz CT molecular complexity index is 1040. The van der Waals surface area contributed by atoms with Gasteiger partial charge in [-0.25, -0.2) is 4.98 Å². The number of carbonyl (C=O) groups is 1. The highest BCUT2D eigenvalue weighted by molar-refractivity contribution is 7.99. The monoisotopic (exact) mass is 525 g/mol. The van der Waals surface area contributed by atoms with Crippen molar-refractivity contribution >= 4 is 68.4 Å². The zero-order valence-electron chi connectivity index (χ0n) is 18.7. The zero-order chi connectivity index (χ0) is 22.3. The van der Waals surface area contributed by atoms with Crippen LogP contribution in [0.4, 0.5) is 5.13 Å². The molecule has 1 amide bonds. The topological polar surface area (TPSA) is 45.7 Å². The SMILES string of the molecule is Cc1ccc2nc(N(CCCN3CCOCC3)C(=O)CCSc3ccc(Cl)cc3)sc2c1.Cl. The van der Waals surface area contributed by atoms with Crippen molar-refractivity contribution in [3.05, 3.63) is 53.1 Å². The molecule has 0 N–H and O–H groups in total. The average Bonchev–Trinajstić information content (AvgIpc) is 3.21. The minimum atomic E-state index is 0. The van der Waals surface area contributed by atoms with Crippen LogP contribution >= 0.6 is 47.1 Å². The second-order valence-electron chi connectivity index (χ2n) is 7.87. The Labute approximate surface area is 214 Å². The van der Waals surface area contributed by atoms with Gasteiger partial charge in [0.15, 0.2) is 5.13 Å². The number of benzene rings is 2. The number of ether oxygens (including phenoxy) is 1. The average molecular weight is 527 g/mol. The molecule has 2 heterocycles. The predicted molar refractivity (Wildman–Crippen MR) is 143 cm³/mol. The summed E-state index contributed by atoms with van der Waals surface area (Å²) in [5, 5.41) is 1.53. The van der Waals surface area contributed by atoms with E-state index in [2.05, 4.69) is 24.0 Å². The summed E-state index contributed by atoms with van der Waals surface area (Å²) in [6.45, 7) is 7.25. The maximum atomic E-state index is 13.2. The number of thiazole rings is 1. The number of morpholine rings is 1. The molecule has 178 valence electrons. The van der Waals surface area contributed by atoms with Gasteiger partial charge in [0, 0.05) is 48.3 Å². The molecule has 0 aliphatic carbocycles. The fourth-order valence-corrected chi connectivity index (χ4v) is 5.74. The van der Waals surface area contributed by atoms with Crippen LogP contribution in [0.5, 0.6) is 0 Å². The third-order valence-corrected chi connectivity index (χ3v) is 7.73. The number of amides is 1. The van der Waals surface area contributed by atoms with E-state index in [0.29, 0.717) is 13.0 Å². The Morgan fingerprint density at radius 2 is 1.97 bits per heavy atom. The van der Waals surface area contributed by atoms with Crippen molar-refractivity contribution in [1.82, 2.24) is 9.88 Å². The lowest BCUT2D eigenvalue weighted by Gasteiger charge is -2.27. The molecule has 9 heteroatoms. The Kier molecular flexibility index (Phi) is 10.3. The molecule has 4 rings (SSSR count). The zero-order valence-corrected chi connectivity index (χ0v) is 21.9. The molecule has 1 aliphatic heterocycles. The van der Waals surface area contributed by atoms with Crippen molar-refractivity contribution in [1.29, 1.82) is 0 Å². The van der Waals surface area contributed by atoms with Crippen molar-refractivity contribution in [2.75, 3.05) is 50.0 Å². The first-order valence-corrected chi connectivity index (χ1v) is 13.1. The first-order chi connectivity index (χ1) is 15.6. The van der Waals surface area contributed by atoms with Crippen LogP contribution in [-0.4, -0.2) is 60.9 Å². The fraction of sp³-hybridized carbons (Fsp3) is 0.417. The van der Waals surface area contributed by atoms with E-state index >= 15 is 0 Å². The van der Waals surface area contributed by atoms with Crippen LogP contribution in [0.1, 0.15) is 18.4 Å². The first kappa shape index (κ1) is 26.3. The van der Waals surface area contributed by atoms with Gasteiger partial charge in [-0.15, -0.1) is 24.2 Å². The molecule has 0 saturated carbocycles. The summed E-state index contributed by atoms with van der Waals surface area (Å²) in [5.41, 5.74) is 2.16. The van der Waals surface area contributed by atoms with E-state index in [1.807, 2.05) is 35.2 Å². The quantitative estimate of drug-likeness (QED) is 0.324. The van der Waals surface area contributed by atoms with Crippen molar-refractivity contribution in [3.63, 3.8) is 0 Å². The van der Waals surface area contributed by atoms with Gasteiger partial charge in [-0.1, -0.05) is 29.0 Å². The number of rotatable bonds is 9. The normalized spacial score (nSPS) is 14.2. The molecule has 3 aromatic rings. The number of thioether (sulfide) groups is 1. The summed E-state index contributed by atoms with van der Waals surface area (Å²) in [6, 6.07) is 14.0. The van der Waals surface area contributed by atoms with Crippen molar-refractivity contribution in [2.24, 2.45) is 0 Å². The van der Waals surface area contributed by atoms with Crippen LogP contribution in [0.3, 0.4) is 0 Å². The molecule has 1 aliphatic rings. The molecule has 0 radical (unpaired) electrons. The standard InChI is InChI=1S/C24H28ClN3O2S2.ClH/c1-18-3-8-21-22(17-18)32-24(26-21)28(11-2-10-27-12-14-30-15-13-27)23(29)9-16-31-20-6-4-19(25)5-7-20;/h3-8,17H,2,9-16H2,1H3;1H. The van der Waals surface area contributed by atoms with Gasteiger partial charge in [0.25, 0.3) is 0 Å². The molecule has 1 fully saturated rings. The number of hydrogen-bond donors (Lipinski definition) is 0. The fourth-order valence-electron chi connectivity index (χ4n) is 3.66. The highest BCUT2D eigenvalue weighted by Gasteiger charge is 2.20. The summed E-state index contributed by atoms with van der Waals surface area (Å²) in [6.07, 6.45) is 1.39. The van der Waals surface area contributed by atoms with Gasteiger partial charge in [0.05, 0.1) is 23.4 Å². The van der Waals surface area contributed by atoms with E-state index < -0.39 is 0 Å². The van der Waals surface area contributed by atoms with E-state index in [4.69, 9.17) is 21.3 Å². The minimum absolute atomic E-state index is 0. The number of nitrogens with zero attached hydrogens (tertiary/aromatic N) is 3. The van der Waals surface area contributed by atoms with Crippen LogP contribution in [0, 0.1) is 6.92 Å². The van der Waals surface area contributed by atoms with E-state index in [1.54, 1.807) is 23.1 Å². The Hall–Kier alpha value is -1.35. The van der Waals surface area contributed by atoms with Gasteiger partial charge in [-0.05, 0) is 55.3 Å². The van der Waals surface area contributed by atoms with E-state index in [9.17, 15) is 4.79 Å². The van der Waals surface area contributed by atoms with Gasteiger partial charge in [0.2, 0.25) is 5.91 Å². The molecule has 33 heavy (non-hydrogen) atoms. The molecule has 1 aromatic heterocycles. The van der Waals surface area contributed by atoms with E-state index in [1.165, 1.54) is 5.56 Å². The van der Waals surface area contributed by atoms with Gasteiger partial charge < -0.3 is 4.74 Å². The summed E-state index contributed by atoms with van der Waals surface area (Å²) >= 11 is 9.25. The Balaban J connectivity index is 0.00000306. The summed E-state index contributed by atoms with van der Waals surface area (Å²) in [4.78, 5) is 23.4. The Morgan fingerprint density at radius 1 is 1.21 bits per heavy atom. The lowest BCUT2D eigenvalue weighted by molar-refractivity contribution is -0.118. The lowest BCUT2D eigenvalue weighted by Crippen LogP contribution is -2.39. The smallest absolute Gasteiger partial charge is 0.229 e. The van der Waals surface area contributed by atoms with Gasteiger partial charge in [-0.2, -0.15) is 0 Å². The predicted octanol–water partition coefficient (Wildman–Crippen LogP) is 5.92. The van der Waals surface area contributed by atoms with Crippen LogP contribution in [0.15, 0.2) is 47.4 Å². The molecule has 1 saturated heterocycles. The second kappa shape index (κ2) is 12.9. The maximum absolute atomic E-state index is 13.2. The lowest BCUT2D eigenvalue weighted by atomic mass is 10.2. The van der Waals surface area contributed by atoms with Gasteiger partial charge >= 0.3 is 0 Å². The minimum Gasteiger partial charge on any atom is -0.379 e. The van der Waals surface area contributed by atoms with E-state index in [-0.39, 0.29) is 18.3 Å². The van der Waals surface area contributed by atoms with Crippen molar-refractivity contribution < 1.29 is 9.53 Å². The van der Waals surface area contributed by atoms with Gasteiger partial charge in [-0.3, -0.25) is 14.6 Å². The van der Waals surface area contributed by atoms with Crippen LogP contribution < -0.4 is 4.90 Å². The molecule has 0 bridgehead atoms. The molecular formula is C24H29Cl2N3O2S2. The number of anilines is 1. The molecule has 5 nitrogen and oxygen atoms in total. The number of carbonyl (C=O) groups excluding carboxylic acids is 1. The van der Waals surface area contributed by atoms with Crippen molar-refractivity contribution in [3.8, 4) is 0 Å². The first-order valence-electron chi connectivity index (χ1n) is 10.9.